The smallest absolute Gasteiger partial charge is 0.238 e. The van der Waals surface area contributed by atoms with Crippen LogP contribution < -0.4 is 15.4 Å². The lowest BCUT2D eigenvalue weighted by atomic mass is 9.96. The minimum atomic E-state index is -3.71. The maximum Gasteiger partial charge on any atom is 0.238 e. The normalized spacial score (nSPS) is 20.1. The topological polar surface area (TPSA) is 101 Å². The molecular weight excluding hydrogens is 398 g/mol. The number of nitrogens with one attached hydrogen (secondary N) is 1. The van der Waals surface area contributed by atoms with Crippen molar-refractivity contribution in [2.24, 2.45) is 5.14 Å². The lowest BCUT2D eigenvalue weighted by Gasteiger charge is -2.31. The Hall–Kier alpha value is -2.19. The molecule has 2 aromatic rings. The van der Waals surface area contributed by atoms with Crippen molar-refractivity contribution in [3.63, 3.8) is 0 Å². The molecule has 2 heterocycles. The molecule has 0 atom stereocenters. The van der Waals surface area contributed by atoms with Gasteiger partial charge in [0.1, 0.15) is 5.82 Å². The van der Waals surface area contributed by atoms with Crippen LogP contribution in [-0.4, -0.2) is 31.0 Å². The van der Waals surface area contributed by atoms with Gasteiger partial charge in [-0.05, 0) is 55.4 Å². The van der Waals surface area contributed by atoms with E-state index in [1.165, 1.54) is 50.5 Å². The first-order valence-corrected chi connectivity index (χ1v) is 12.6. The Morgan fingerprint density at radius 2 is 1.80 bits per heavy atom. The number of benzene rings is 1. The predicted octanol–water partition coefficient (Wildman–Crippen LogP) is 3.31. The van der Waals surface area contributed by atoms with Crippen LogP contribution in [0.25, 0.3) is 0 Å². The summed E-state index contributed by atoms with van der Waals surface area (Å²) in [4.78, 5) is 12.1. The number of primary sulfonamides is 1. The number of aromatic nitrogens is 2. The average Bonchev–Trinajstić information content (AvgIpc) is 3.58. The van der Waals surface area contributed by atoms with Crippen molar-refractivity contribution < 1.29 is 8.42 Å². The number of hydrogen-bond acceptors (Lipinski definition) is 6. The third-order valence-corrected chi connectivity index (χ3v) is 7.42. The molecule has 2 saturated carbocycles. The molecule has 0 bridgehead atoms. The van der Waals surface area contributed by atoms with E-state index >= 15 is 0 Å². The summed E-state index contributed by atoms with van der Waals surface area (Å²) in [7, 11) is -3.71. The van der Waals surface area contributed by atoms with Crippen LogP contribution in [0.2, 0.25) is 0 Å². The van der Waals surface area contributed by atoms with E-state index < -0.39 is 10.0 Å². The van der Waals surface area contributed by atoms with Crippen LogP contribution in [0.5, 0.6) is 0 Å². The van der Waals surface area contributed by atoms with Gasteiger partial charge in [-0.1, -0.05) is 25.3 Å². The predicted molar refractivity (Wildman–Crippen MR) is 117 cm³/mol. The van der Waals surface area contributed by atoms with Crippen molar-refractivity contribution in [3.05, 3.63) is 41.1 Å². The first-order chi connectivity index (χ1) is 14.5. The molecule has 3 aliphatic rings. The minimum absolute atomic E-state index is 0.170. The summed E-state index contributed by atoms with van der Waals surface area (Å²) in [6.07, 6.45) is 9.46. The molecule has 2 fully saturated rings. The van der Waals surface area contributed by atoms with Crippen molar-refractivity contribution in [2.75, 3.05) is 16.8 Å². The molecule has 7 nitrogen and oxygen atoms in total. The lowest BCUT2D eigenvalue weighted by molar-refractivity contribution is 0.460. The molecule has 0 unspecified atom stereocenters. The summed E-state index contributed by atoms with van der Waals surface area (Å²) in [5, 5.41) is 8.92. The highest BCUT2D eigenvalue weighted by Crippen LogP contribution is 2.40. The second kappa shape index (κ2) is 7.81. The zero-order valence-corrected chi connectivity index (χ0v) is 18.0. The molecule has 0 spiro atoms. The van der Waals surface area contributed by atoms with Crippen LogP contribution in [0, 0.1) is 0 Å². The fraction of sp³-hybridized carbons (Fsp3) is 0.545. The standard InChI is InChI=1S/C22H29N5O2S/c23-30(28,29)19-9-8-15-10-11-27(14-17(15)12-19)21-13-20(16-6-7-16)25-22(26-21)24-18-4-2-1-3-5-18/h8-9,12-13,16,18H,1-7,10-11,14H2,(H2,23,28,29)(H,24,25,26). The second-order valence-electron chi connectivity index (χ2n) is 8.88. The van der Waals surface area contributed by atoms with Crippen molar-refractivity contribution >= 4 is 21.8 Å². The number of fused-ring (bicyclic) bond motifs is 1. The SMILES string of the molecule is NS(=O)(=O)c1ccc2c(c1)CN(c1cc(C3CC3)nc(NC3CCCCC3)n1)CC2. The molecule has 2 aliphatic carbocycles. The highest BCUT2D eigenvalue weighted by Gasteiger charge is 2.28. The largest absolute Gasteiger partial charge is 0.352 e. The number of anilines is 2. The van der Waals surface area contributed by atoms with Crippen LogP contribution >= 0.6 is 0 Å². The van der Waals surface area contributed by atoms with Gasteiger partial charge in [0.15, 0.2) is 0 Å². The third kappa shape index (κ3) is 4.30. The molecule has 1 aromatic carbocycles. The molecule has 160 valence electrons. The van der Waals surface area contributed by atoms with Crippen molar-refractivity contribution in [1.29, 1.82) is 0 Å². The summed E-state index contributed by atoms with van der Waals surface area (Å²) in [5.41, 5.74) is 3.30. The van der Waals surface area contributed by atoms with Gasteiger partial charge in [-0.3, -0.25) is 0 Å². The zero-order valence-electron chi connectivity index (χ0n) is 17.2. The Kier molecular flexibility index (Phi) is 5.14. The quantitative estimate of drug-likeness (QED) is 0.759. The minimum Gasteiger partial charge on any atom is -0.352 e. The monoisotopic (exact) mass is 427 g/mol. The Balaban J connectivity index is 1.42. The fourth-order valence-corrected chi connectivity index (χ4v) is 5.17. The second-order valence-corrected chi connectivity index (χ2v) is 10.4. The van der Waals surface area contributed by atoms with E-state index in [9.17, 15) is 8.42 Å². The molecule has 0 saturated heterocycles. The number of nitrogens with zero attached hydrogens (tertiary/aromatic N) is 3. The maximum atomic E-state index is 11.8. The van der Waals surface area contributed by atoms with E-state index in [1.54, 1.807) is 12.1 Å². The number of rotatable bonds is 5. The summed E-state index contributed by atoms with van der Waals surface area (Å²) in [5.74, 6) is 2.21. The van der Waals surface area contributed by atoms with Crippen LogP contribution in [0.15, 0.2) is 29.2 Å². The van der Waals surface area contributed by atoms with Gasteiger partial charge in [-0.15, -0.1) is 0 Å². The molecule has 8 heteroatoms. The van der Waals surface area contributed by atoms with Gasteiger partial charge in [0.25, 0.3) is 0 Å². The van der Waals surface area contributed by atoms with Gasteiger partial charge in [0.2, 0.25) is 16.0 Å². The van der Waals surface area contributed by atoms with Crippen LogP contribution in [0.4, 0.5) is 11.8 Å². The Bertz CT molecular complexity index is 1050. The van der Waals surface area contributed by atoms with E-state index in [-0.39, 0.29) is 4.90 Å². The summed E-state index contributed by atoms with van der Waals surface area (Å²) >= 11 is 0. The van der Waals surface area contributed by atoms with Gasteiger partial charge in [-0.25, -0.2) is 18.5 Å². The van der Waals surface area contributed by atoms with Crippen LogP contribution in [0.1, 0.15) is 67.7 Å². The number of hydrogen-bond donors (Lipinski definition) is 2. The molecule has 1 aromatic heterocycles. The number of sulfonamides is 1. The van der Waals surface area contributed by atoms with E-state index in [2.05, 4.69) is 16.3 Å². The van der Waals surface area contributed by atoms with Gasteiger partial charge in [-0.2, -0.15) is 4.98 Å². The van der Waals surface area contributed by atoms with Gasteiger partial charge >= 0.3 is 0 Å². The molecule has 5 rings (SSSR count). The number of nitrogens with two attached hydrogens (primary N) is 1. The van der Waals surface area contributed by atoms with Crippen LogP contribution in [-0.2, 0) is 23.0 Å². The molecule has 3 N–H and O–H groups in total. The molecular formula is C22H29N5O2S. The van der Waals surface area contributed by atoms with Gasteiger partial charge in [0, 0.05) is 31.1 Å². The van der Waals surface area contributed by atoms with Gasteiger partial charge in [0.05, 0.1) is 10.6 Å². The summed E-state index contributed by atoms with van der Waals surface area (Å²) in [6, 6.07) is 7.78. The van der Waals surface area contributed by atoms with Crippen molar-refractivity contribution in [2.45, 2.75) is 74.8 Å². The maximum absolute atomic E-state index is 11.8. The average molecular weight is 428 g/mol. The first kappa shape index (κ1) is 19.8. The molecule has 1 aliphatic heterocycles. The fourth-order valence-electron chi connectivity index (χ4n) is 4.60. The highest BCUT2D eigenvalue weighted by atomic mass is 32.2. The van der Waals surface area contributed by atoms with E-state index in [4.69, 9.17) is 15.1 Å². The molecule has 0 amide bonds. The first-order valence-electron chi connectivity index (χ1n) is 11.0. The summed E-state index contributed by atoms with van der Waals surface area (Å²) < 4.78 is 23.5. The Labute approximate surface area is 178 Å². The van der Waals surface area contributed by atoms with E-state index in [0.717, 1.165) is 36.0 Å². The lowest BCUT2D eigenvalue weighted by Crippen LogP contribution is -2.32. The third-order valence-electron chi connectivity index (χ3n) is 6.51. The van der Waals surface area contributed by atoms with Crippen molar-refractivity contribution in [1.82, 2.24) is 9.97 Å². The van der Waals surface area contributed by atoms with Gasteiger partial charge < -0.3 is 10.2 Å². The highest BCUT2D eigenvalue weighted by molar-refractivity contribution is 7.89. The van der Waals surface area contributed by atoms with Crippen LogP contribution in [0.3, 0.4) is 0 Å². The Morgan fingerprint density at radius 1 is 1.00 bits per heavy atom. The molecule has 0 radical (unpaired) electrons. The zero-order chi connectivity index (χ0) is 20.7. The summed E-state index contributed by atoms with van der Waals surface area (Å²) in [6.45, 7) is 1.48. The van der Waals surface area contributed by atoms with E-state index in [1.807, 2.05) is 6.07 Å². The van der Waals surface area contributed by atoms with E-state index in [0.29, 0.717) is 18.5 Å². The molecule has 30 heavy (non-hydrogen) atoms. The van der Waals surface area contributed by atoms with Crippen molar-refractivity contribution in [3.8, 4) is 0 Å². The Morgan fingerprint density at radius 3 is 2.53 bits per heavy atom.